The van der Waals surface area contributed by atoms with Crippen molar-refractivity contribution >= 4 is 30.8 Å². The van der Waals surface area contributed by atoms with Crippen LogP contribution in [0.1, 0.15) is 0 Å². The van der Waals surface area contributed by atoms with Crippen LogP contribution in [0.5, 0.6) is 0 Å². The van der Waals surface area contributed by atoms with Crippen LogP contribution >= 0.6 is 0 Å². The minimum atomic E-state index is -0.775. The van der Waals surface area contributed by atoms with Crippen molar-refractivity contribution in [2.45, 2.75) is 11.6 Å². The maximum absolute atomic E-state index is 4.12. The molecule has 2 nitrogen and oxygen atoms in total. The monoisotopic (exact) mass is 200 g/mol. The fourth-order valence-corrected chi connectivity index (χ4v) is 2.43. The molecule has 0 aliphatic heterocycles. The molecule has 0 saturated heterocycles. The zero-order valence-electron chi connectivity index (χ0n) is 8.49. The number of rotatable bonds is 2. The Bertz CT molecular complexity index is 435. The molecule has 70 valence electrons. The van der Waals surface area contributed by atoms with Gasteiger partial charge >= 0.3 is 14.4 Å². The van der Waals surface area contributed by atoms with Gasteiger partial charge in [0.1, 0.15) is 0 Å². The van der Waals surface area contributed by atoms with Gasteiger partial charge in [0.05, 0.1) is 0 Å². The molecule has 1 aromatic carbocycles. The van der Waals surface area contributed by atoms with Crippen molar-refractivity contribution in [1.29, 1.82) is 0 Å². The highest BCUT2D eigenvalue weighted by Crippen LogP contribution is 2.22. The van der Waals surface area contributed by atoms with Crippen LogP contribution in [-0.2, 0) is 0 Å². The number of nitrogens with zero attached hydrogens (tertiary/aromatic N) is 1. The fourth-order valence-electron chi connectivity index (χ4n) is 1.56. The quantitative estimate of drug-likeness (QED) is 0.754. The minimum absolute atomic E-state index is 0.775. The van der Waals surface area contributed by atoms with Crippen LogP contribution in [-0.4, -0.2) is 19.4 Å². The van der Waals surface area contributed by atoms with E-state index in [1.807, 2.05) is 12.4 Å². The summed E-state index contributed by atoms with van der Waals surface area (Å²) in [6.45, 7) is 0. The molecule has 3 heteroatoms. The SMILES string of the molecule is [CH3][Al]([CH3])[NH]c1cccc2cnccc12. The van der Waals surface area contributed by atoms with Crippen LogP contribution in [0.4, 0.5) is 5.69 Å². The van der Waals surface area contributed by atoms with Crippen molar-refractivity contribution in [1.82, 2.24) is 4.98 Å². The van der Waals surface area contributed by atoms with Crippen molar-refractivity contribution in [3.63, 3.8) is 0 Å². The maximum Gasteiger partial charge on any atom is 0.404 e. The van der Waals surface area contributed by atoms with Gasteiger partial charge in [0, 0.05) is 28.9 Å². The van der Waals surface area contributed by atoms with Gasteiger partial charge in [0.15, 0.2) is 0 Å². The summed E-state index contributed by atoms with van der Waals surface area (Å²) in [5.41, 5.74) is 1.24. The van der Waals surface area contributed by atoms with Gasteiger partial charge in [-0.1, -0.05) is 23.7 Å². The summed E-state index contributed by atoms with van der Waals surface area (Å²) in [6, 6.07) is 8.36. The first-order valence-corrected chi connectivity index (χ1v) is 7.75. The van der Waals surface area contributed by atoms with Gasteiger partial charge < -0.3 is 4.30 Å². The molecular weight excluding hydrogens is 187 g/mol. The molecule has 1 N–H and O–H groups in total. The molecule has 0 aliphatic rings. The van der Waals surface area contributed by atoms with E-state index in [1.165, 1.54) is 16.5 Å². The van der Waals surface area contributed by atoms with E-state index in [0.29, 0.717) is 0 Å². The van der Waals surface area contributed by atoms with Crippen molar-refractivity contribution in [3.05, 3.63) is 36.7 Å². The molecule has 0 bridgehead atoms. The van der Waals surface area contributed by atoms with Gasteiger partial charge in [0.2, 0.25) is 0 Å². The van der Waals surface area contributed by atoms with Gasteiger partial charge in [-0.3, -0.25) is 4.98 Å². The number of hydrogen-bond acceptors (Lipinski definition) is 2. The summed E-state index contributed by atoms with van der Waals surface area (Å²) >= 11 is -0.775. The molecule has 0 radical (unpaired) electrons. The number of nitrogens with one attached hydrogen (secondary N) is 1. The number of fused-ring (bicyclic) bond motifs is 1. The molecule has 1 aromatic heterocycles. The highest BCUT2D eigenvalue weighted by Gasteiger charge is 2.05. The number of hydrogen-bond donors (Lipinski definition) is 1. The van der Waals surface area contributed by atoms with Crippen molar-refractivity contribution in [3.8, 4) is 0 Å². The second-order valence-corrected chi connectivity index (χ2v) is 6.30. The Kier molecular flexibility index (Phi) is 2.72. The molecule has 0 amide bonds. The van der Waals surface area contributed by atoms with E-state index in [-0.39, 0.29) is 0 Å². The Hall–Kier alpha value is -1.04. The second kappa shape index (κ2) is 4.00. The van der Waals surface area contributed by atoms with Crippen LogP contribution in [0.15, 0.2) is 36.7 Å². The van der Waals surface area contributed by atoms with Crippen LogP contribution < -0.4 is 4.30 Å². The summed E-state index contributed by atoms with van der Waals surface area (Å²) in [6.07, 6.45) is 3.75. The molecule has 0 unspecified atom stereocenters. The van der Waals surface area contributed by atoms with Crippen LogP contribution in [0, 0.1) is 0 Å². The van der Waals surface area contributed by atoms with Crippen molar-refractivity contribution in [2.75, 3.05) is 4.30 Å². The average Bonchev–Trinajstić information content (AvgIpc) is 2.18. The Balaban J connectivity index is 2.53. The van der Waals surface area contributed by atoms with Crippen molar-refractivity contribution < 1.29 is 0 Å². The number of anilines is 1. The highest BCUT2D eigenvalue weighted by molar-refractivity contribution is 6.59. The predicted octanol–water partition coefficient (Wildman–Crippen LogP) is 2.90. The van der Waals surface area contributed by atoms with E-state index in [2.05, 4.69) is 45.1 Å². The first kappa shape index (κ1) is 9.51. The molecule has 0 atom stereocenters. The Morgan fingerprint density at radius 1 is 1.21 bits per heavy atom. The summed E-state index contributed by atoms with van der Waals surface area (Å²) in [4.78, 5) is 4.12. The topological polar surface area (TPSA) is 24.9 Å². The molecule has 0 spiro atoms. The third-order valence-electron chi connectivity index (χ3n) is 2.12. The summed E-state index contributed by atoms with van der Waals surface area (Å²) in [7, 11) is 0. The van der Waals surface area contributed by atoms with E-state index in [9.17, 15) is 0 Å². The summed E-state index contributed by atoms with van der Waals surface area (Å²) in [5.74, 6) is 4.56. The fraction of sp³-hybridized carbons (Fsp3) is 0.182. The molecule has 2 aromatic rings. The van der Waals surface area contributed by atoms with E-state index in [1.54, 1.807) is 0 Å². The highest BCUT2D eigenvalue weighted by atomic mass is 27.2. The Morgan fingerprint density at radius 3 is 2.86 bits per heavy atom. The standard InChI is InChI=1S/C9H7N2.2CH3.Al/c10-9-3-1-2-7-6-11-5-4-8(7)9;;;/h1-6,10H;2*1H3;/q-1;;;+1. The lowest BCUT2D eigenvalue weighted by atomic mass is 10.1. The number of pyridine rings is 1. The lowest BCUT2D eigenvalue weighted by molar-refractivity contribution is 1.36. The average molecular weight is 200 g/mol. The van der Waals surface area contributed by atoms with Gasteiger partial charge in [-0.25, -0.2) is 0 Å². The first-order chi connectivity index (χ1) is 6.77. The molecule has 2 rings (SSSR count). The van der Waals surface area contributed by atoms with Gasteiger partial charge in [-0.2, -0.15) is 0 Å². The van der Waals surface area contributed by atoms with Gasteiger partial charge in [0.25, 0.3) is 0 Å². The smallest absolute Gasteiger partial charge is 0.404 e. The predicted molar refractivity (Wildman–Crippen MR) is 62.8 cm³/mol. The lowest BCUT2D eigenvalue weighted by Crippen LogP contribution is -2.15. The summed E-state index contributed by atoms with van der Waals surface area (Å²) < 4.78 is 3.56. The molecule has 0 aliphatic carbocycles. The van der Waals surface area contributed by atoms with E-state index < -0.39 is 14.4 Å². The molecule has 0 fully saturated rings. The first-order valence-electron chi connectivity index (χ1n) is 4.86. The van der Waals surface area contributed by atoms with E-state index >= 15 is 0 Å². The molecule has 0 saturated carbocycles. The minimum Gasteiger partial charge on any atom is -0.476 e. The van der Waals surface area contributed by atoms with Crippen LogP contribution in [0.25, 0.3) is 10.8 Å². The third-order valence-corrected chi connectivity index (χ3v) is 3.01. The third kappa shape index (κ3) is 1.89. The summed E-state index contributed by atoms with van der Waals surface area (Å²) in [5, 5.41) is 2.47. The lowest BCUT2D eigenvalue weighted by Gasteiger charge is -2.09. The molecule has 1 heterocycles. The zero-order chi connectivity index (χ0) is 9.97. The van der Waals surface area contributed by atoms with E-state index in [0.717, 1.165) is 0 Å². The maximum atomic E-state index is 4.12. The molecule has 14 heavy (non-hydrogen) atoms. The number of benzene rings is 1. The van der Waals surface area contributed by atoms with Crippen molar-refractivity contribution in [2.24, 2.45) is 0 Å². The Morgan fingerprint density at radius 2 is 2.07 bits per heavy atom. The zero-order valence-corrected chi connectivity index (χ0v) is 9.64. The largest absolute Gasteiger partial charge is 0.476 e. The van der Waals surface area contributed by atoms with E-state index in [4.69, 9.17) is 0 Å². The molecular formula is C11H13AlN2. The van der Waals surface area contributed by atoms with Crippen LogP contribution in [0.3, 0.4) is 0 Å². The van der Waals surface area contributed by atoms with Crippen LogP contribution in [0.2, 0.25) is 11.6 Å². The normalized spacial score (nSPS) is 10.1. The van der Waals surface area contributed by atoms with Gasteiger partial charge in [-0.15, -0.1) is 0 Å². The second-order valence-electron chi connectivity index (χ2n) is 3.70. The van der Waals surface area contributed by atoms with Gasteiger partial charge in [-0.05, 0) is 12.1 Å². The number of aromatic nitrogens is 1. The Labute approximate surface area is 88.6 Å².